The summed E-state index contributed by atoms with van der Waals surface area (Å²) in [4.78, 5) is 38.6. The standard InChI is InChI=1S/C33H36Cl2N4O3.2C2H4O2/c1-37(32(40)29-17-23(19-36)16-25-4-2-3-5-28(25)29)20-26(24-6-7-30(34)31(35)18-24)8-11-38-21-27(22-38)39-12-9-33(10-13-39)41-14-15-42-33;2*1-2(3)4/h2-7,16-18,26-27H,8-15,20-22H2,1H3;2*1H3,(H,3,4)/t26-;;/m1../s1. The molecule has 3 aliphatic rings. The summed E-state index contributed by atoms with van der Waals surface area (Å²) in [5, 5.41) is 27.2. The monoisotopic (exact) mass is 726 g/mol. The summed E-state index contributed by atoms with van der Waals surface area (Å²) < 4.78 is 11.8. The number of aliphatic carboxylic acids is 2. The Bertz CT molecular complexity index is 1670. The fraction of sp³-hybridized carbons (Fsp3) is 0.459. The van der Waals surface area contributed by atoms with Gasteiger partial charge in [-0.2, -0.15) is 5.26 Å². The first-order valence-electron chi connectivity index (χ1n) is 16.6. The van der Waals surface area contributed by atoms with E-state index in [9.17, 15) is 10.1 Å². The number of benzene rings is 3. The molecule has 50 heavy (non-hydrogen) atoms. The maximum absolute atomic E-state index is 13.8. The molecule has 1 atom stereocenters. The van der Waals surface area contributed by atoms with Crippen molar-refractivity contribution in [3.8, 4) is 6.07 Å². The van der Waals surface area contributed by atoms with Gasteiger partial charge in [0, 0.05) is 84.0 Å². The van der Waals surface area contributed by atoms with E-state index in [1.165, 1.54) is 0 Å². The van der Waals surface area contributed by atoms with Gasteiger partial charge in [0.05, 0.1) is 34.9 Å². The SMILES string of the molecule is CC(=O)O.CC(=O)O.CN(C[C@@H](CCN1CC(N2CCC3(CC2)OCCO3)C1)c1ccc(Cl)c(Cl)c1)C(=O)c1cc(C#N)cc2ccccc12. The molecule has 3 aromatic carbocycles. The van der Waals surface area contributed by atoms with Crippen molar-refractivity contribution < 1.29 is 34.1 Å². The fourth-order valence-electron chi connectivity index (χ4n) is 6.61. The number of hydrogen-bond donors (Lipinski definition) is 2. The van der Waals surface area contributed by atoms with Crippen LogP contribution in [0.15, 0.2) is 54.6 Å². The van der Waals surface area contributed by atoms with Crippen molar-refractivity contribution in [3.05, 3.63) is 81.3 Å². The van der Waals surface area contributed by atoms with Gasteiger partial charge in [-0.05, 0) is 53.6 Å². The maximum Gasteiger partial charge on any atom is 0.300 e. The Morgan fingerprint density at radius 3 is 2.20 bits per heavy atom. The van der Waals surface area contributed by atoms with Gasteiger partial charge in [-0.15, -0.1) is 0 Å². The van der Waals surface area contributed by atoms with E-state index in [1.807, 2.05) is 55.6 Å². The summed E-state index contributed by atoms with van der Waals surface area (Å²) in [6, 6.07) is 19.8. The maximum atomic E-state index is 13.8. The highest BCUT2D eigenvalue weighted by Gasteiger charge is 2.43. The summed E-state index contributed by atoms with van der Waals surface area (Å²) >= 11 is 12.7. The van der Waals surface area contributed by atoms with Crippen molar-refractivity contribution in [1.82, 2.24) is 14.7 Å². The highest BCUT2D eigenvalue weighted by Crippen LogP contribution is 2.34. The van der Waals surface area contributed by atoms with Crippen molar-refractivity contribution in [1.29, 1.82) is 5.26 Å². The number of rotatable bonds is 8. The number of piperidine rings is 1. The van der Waals surface area contributed by atoms with Crippen LogP contribution in [0.3, 0.4) is 0 Å². The van der Waals surface area contributed by atoms with E-state index in [0.717, 1.165) is 82.2 Å². The minimum absolute atomic E-state index is 0.0738. The Hall–Kier alpha value is -3.76. The quantitative estimate of drug-likeness (QED) is 0.285. The molecule has 1 amide bonds. The molecular formula is C37H44Cl2N4O7. The second kappa shape index (κ2) is 17.9. The number of nitriles is 1. The van der Waals surface area contributed by atoms with Gasteiger partial charge in [0.2, 0.25) is 0 Å². The van der Waals surface area contributed by atoms with Gasteiger partial charge in [0.1, 0.15) is 0 Å². The number of carboxylic acid groups (broad SMARTS) is 2. The third-order valence-corrected chi connectivity index (χ3v) is 9.84. The second-order valence-corrected chi connectivity index (χ2v) is 13.6. The normalized spacial score (nSPS) is 17.8. The minimum atomic E-state index is -0.833. The lowest BCUT2D eigenvalue weighted by Gasteiger charge is -2.49. The Morgan fingerprint density at radius 1 is 0.980 bits per heavy atom. The Labute approximate surface area is 302 Å². The zero-order chi connectivity index (χ0) is 36.4. The van der Waals surface area contributed by atoms with Crippen LogP contribution < -0.4 is 0 Å². The van der Waals surface area contributed by atoms with E-state index < -0.39 is 11.9 Å². The van der Waals surface area contributed by atoms with Crippen molar-refractivity contribution >= 4 is 51.8 Å². The van der Waals surface area contributed by atoms with Crippen LogP contribution in [0.1, 0.15) is 60.5 Å². The van der Waals surface area contributed by atoms with Gasteiger partial charge < -0.3 is 29.5 Å². The molecule has 0 saturated carbocycles. The number of carbonyl (C=O) groups is 3. The molecule has 13 heteroatoms. The minimum Gasteiger partial charge on any atom is -0.481 e. The third-order valence-electron chi connectivity index (χ3n) is 9.10. The molecule has 3 saturated heterocycles. The number of likely N-dealkylation sites (N-methyl/N-ethyl adjacent to an activating group) is 1. The van der Waals surface area contributed by atoms with Crippen LogP contribution in [0.2, 0.25) is 10.0 Å². The van der Waals surface area contributed by atoms with Crippen LogP contribution in [-0.2, 0) is 19.1 Å². The molecule has 3 fully saturated rings. The number of ether oxygens (including phenoxy) is 2. The number of carbonyl (C=O) groups excluding carboxylic acids is 1. The molecule has 0 aromatic heterocycles. The second-order valence-electron chi connectivity index (χ2n) is 12.8. The van der Waals surface area contributed by atoms with E-state index in [1.54, 1.807) is 11.0 Å². The average Bonchev–Trinajstić information content (AvgIpc) is 3.51. The lowest BCUT2D eigenvalue weighted by Crippen LogP contribution is -2.62. The summed E-state index contributed by atoms with van der Waals surface area (Å²) in [6.07, 6.45) is 2.76. The predicted octanol–water partition coefficient (Wildman–Crippen LogP) is 5.97. The molecule has 3 aliphatic heterocycles. The molecule has 2 N–H and O–H groups in total. The van der Waals surface area contributed by atoms with Crippen molar-refractivity contribution in [2.45, 2.75) is 50.9 Å². The molecular weight excluding hydrogens is 683 g/mol. The van der Waals surface area contributed by atoms with Gasteiger partial charge in [-0.1, -0.05) is 53.5 Å². The first-order chi connectivity index (χ1) is 23.8. The van der Waals surface area contributed by atoms with Crippen LogP contribution in [0.4, 0.5) is 0 Å². The summed E-state index contributed by atoms with van der Waals surface area (Å²) in [5.74, 6) is -2.03. The topological polar surface area (TPSA) is 144 Å². The number of carboxylic acids is 2. The van der Waals surface area contributed by atoms with Gasteiger partial charge in [0.15, 0.2) is 5.79 Å². The first-order valence-corrected chi connectivity index (χ1v) is 17.3. The van der Waals surface area contributed by atoms with Crippen LogP contribution in [0.5, 0.6) is 0 Å². The molecule has 0 aliphatic carbocycles. The number of hydrogen-bond acceptors (Lipinski definition) is 8. The Kier molecular flexibility index (Phi) is 14.0. The van der Waals surface area contributed by atoms with E-state index in [4.69, 9.17) is 52.5 Å². The molecule has 3 heterocycles. The van der Waals surface area contributed by atoms with Crippen LogP contribution >= 0.6 is 23.2 Å². The number of likely N-dealkylation sites (tertiary alicyclic amines) is 2. The van der Waals surface area contributed by atoms with Gasteiger partial charge in [0.25, 0.3) is 17.8 Å². The van der Waals surface area contributed by atoms with E-state index in [-0.39, 0.29) is 17.6 Å². The molecule has 11 nitrogen and oxygen atoms in total. The molecule has 0 bridgehead atoms. The number of nitrogens with zero attached hydrogens (tertiary/aromatic N) is 4. The van der Waals surface area contributed by atoms with E-state index >= 15 is 0 Å². The third kappa shape index (κ3) is 10.6. The zero-order valence-corrected chi connectivity index (χ0v) is 30.1. The highest BCUT2D eigenvalue weighted by molar-refractivity contribution is 6.42. The van der Waals surface area contributed by atoms with Crippen molar-refractivity contribution in [2.75, 3.05) is 59.5 Å². The zero-order valence-electron chi connectivity index (χ0n) is 28.6. The largest absolute Gasteiger partial charge is 0.481 e. The molecule has 1 spiro atoms. The summed E-state index contributed by atoms with van der Waals surface area (Å²) in [7, 11) is 1.83. The molecule has 268 valence electrons. The average molecular weight is 728 g/mol. The van der Waals surface area contributed by atoms with Crippen molar-refractivity contribution in [2.24, 2.45) is 0 Å². The smallest absolute Gasteiger partial charge is 0.300 e. The lowest BCUT2D eigenvalue weighted by atomic mass is 9.93. The Morgan fingerprint density at radius 2 is 1.60 bits per heavy atom. The van der Waals surface area contributed by atoms with Crippen molar-refractivity contribution in [3.63, 3.8) is 0 Å². The lowest BCUT2D eigenvalue weighted by molar-refractivity contribution is -0.191. The van der Waals surface area contributed by atoms with Crippen LogP contribution in [-0.4, -0.2) is 114 Å². The number of halogens is 2. The number of fused-ring (bicyclic) bond motifs is 1. The van der Waals surface area contributed by atoms with Crippen LogP contribution in [0.25, 0.3) is 10.8 Å². The van der Waals surface area contributed by atoms with Gasteiger partial charge in [-0.3, -0.25) is 19.3 Å². The summed E-state index contributed by atoms with van der Waals surface area (Å²) in [5.41, 5.74) is 2.09. The molecule has 6 rings (SSSR count). The van der Waals surface area contributed by atoms with Gasteiger partial charge >= 0.3 is 0 Å². The molecule has 0 radical (unpaired) electrons. The molecule has 0 unspecified atom stereocenters. The Balaban J connectivity index is 0.000000637. The fourth-order valence-corrected chi connectivity index (χ4v) is 6.92. The number of amides is 1. The van der Waals surface area contributed by atoms with Crippen LogP contribution in [0, 0.1) is 11.3 Å². The molecule has 3 aromatic rings. The summed E-state index contributed by atoms with van der Waals surface area (Å²) in [6.45, 7) is 9.16. The predicted molar refractivity (Wildman–Crippen MR) is 192 cm³/mol. The highest BCUT2D eigenvalue weighted by atomic mass is 35.5. The van der Waals surface area contributed by atoms with E-state index in [0.29, 0.717) is 47.0 Å². The first kappa shape index (κ1) is 39.0. The van der Waals surface area contributed by atoms with Gasteiger partial charge in [-0.25, -0.2) is 0 Å². The van der Waals surface area contributed by atoms with E-state index in [2.05, 4.69) is 15.9 Å².